The highest BCUT2D eigenvalue weighted by molar-refractivity contribution is 6.58. The summed E-state index contributed by atoms with van der Waals surface area (Å²) < 4.78 is 91.4. The minimum absolute atomic E-state index is 0.0567. The third-order valence-electron chi connectivity index (χ3n) is 2.68. The SMILES string of the molecule is OB(O)c1ccc(OCCC(F)(F)C(F)(F)C(F)(F)F)cc1. The van der Waals surface area contributed by atoms with E-state index in [4.69, 9.17) is 10.0 Å². The average Bonchev–Trinajstić information content (AvgIpc) is 2.37. The minimum atomic E-state index is -6.37. The molecule has 22 heavy (non-hydrogen) atoms. The Labute approximate surface area is 120 Å². The molecule has 11 heteroatoms. The summed E-state index contributed by atoms with van der Waals surface area (Å²) in [7, 11) is -1.77. The van der Waals surface area contributed by atoms with E-state index in [-0.39, 0.29) is 11.2 Å². The standard InChI is InChI=1S/C11H10BF7O3/c13-9(14,10(15,16)11(17,18)19)5-6-22-8-3-1-7(2-4-8)12(20)21/h1-4,20-21H,5-6H2. The van der Waals surface area contributed by atoms with Crippen LogP contribution in [0.2, 0.25) is 0 Å². The predicted octanol–water partition coefficient (Wildman–Crippen LogP) is 1.97. The number of alkyl halides is 7. The summed E-state index contributed by atoms with van der Waals surface area (Å²) in [5.41, 5.74) is 0.0567. The van der Waals surface area contributed by atoms with Crippen molar-refractivity contribution in [1.29, 1.82) is 0 Å². The van der Waals surface area contributed by atoms with Crippen LogP contribution in [0.1, 0.15) is 6.42 Å². The third-order valence-corrected chi connectivity index (χ3v) is 2.68. The van der Waals surface area contributed by atoms with Crippen LogP contribution in [0.5, 0.6) is 5.75 Å². The molecule has 0 saturated heterocycles. The largest absolute Gasteiger partial charge is 0.493 e. The van der Waals surface area contributed by atoms with Gasteiger partial charge in [0.05, 0.1) is 13.0 Å². The van der Waals surface area contributed by atoms with E-state index in [1.807, 2.05) is 0 Å². The van der Waals surface area contributed by atoms with Crippen LogP contribution in [0.25, 0.3) is 0 Å². The first-order chi connectivity index (χ1) is 9.88. The van der Waals surface area contributed by atoms with Crippen molar-refractivity contribution in [3.05, 3.63) is 24.3 Å². The molecule has 1 aromatic rings. The van der Waals surface area contributed by atoms with Gasteiger partial charge in [-0.1, -0.05) is 12.1 Å². The Morgan fingerprint density at radius 2 is 1.41 bits per heavy atom. The van der Waals surface area contributed by atoms with Gasteiger partial charge in [-0.25, -0.2) is 0 Å². The topological polar surface area (TPSA) is 49.7 Å². The van der Waals surface area contributed by atoms with E-state index in [0.717, 1.165) is 24.3 Å². The molecular formula is C11H10BF7O3. The van der Waals surface area contributed by atoms with E-state index in [1.54, 1.807) is 0 Å². The fraction of sp³-hybridized carbons (Fsp3) is 0.455. The van der Waals surface area contributed by atoms with Crippen molar-refractivity contribution in [2.24, 2.45) is 0 Å². The number of hydrogen-bond donors (Lipinski definition) is 2. The van der Waals surface area contributed by atoms with Gasteiger partial charge in [-0.2, -0.15) is 30.7 Å². The average molecular weight is 334 g/mol. The van der Waals surface area contributed by atoms with Crippen LogP contribution in [0.15, 0.2) is 24.3 Å². The smallest absolute Gasteiger partial charge is 0.488 e. The Morgan fingerprint density at radius 3 is 1.82 bits per heavy atom. The van der Waals surface area contributed by atoms with Crippen LogP contribution in [0.3, 0.4) is 0 Å². The summed E-state index contributed by atoms with van der Waals surface area (Å²) in [5, 5.41) is 17.6. The summed E-state index contributed by atoms with van der Waals surface area (Å²) in [6.45, 7) is -1.08. The lowest BCUT2D eigenvalue weighted by Gasteiger charge is -2.28. The molecule has 0 aliphatic heterocycles. The summed E-state index contributed by atoms with van der Waals surface area (Å²) >= 11 is 0. The molecule has 0 spiro atoms. The Morgan fingerprint density at radius 1 is 0.909 bits per heavy atom. The molecular weight excluding hydrogens is 324 g/mol. The van der Waals surface area contributed by atoms with Crippen LogP contribution in [0, 0.1) is 0 Å². The molecule has 0 atom stereocenters. The van der Waals surface area contributed by atoms with E-state index >= 15 is 0 Å². The Bertz CT molecular complexity index is 487. The van der Waals surface area contributed by atoms with E-state index < -0.39 is 38.2 Å². The van der Waals surface area contributed by atoms with Gasteiger partial charge >= 0.3 is 25.1 Å². The van der Waals surface area contributed by atoms with Gasteiger partial charge in [-0.05, 0) is 17.6 Å². The second-order valence-corrected chi connectivity index (χ2v) is 4.32. The molecule has 2 N–H and O–H groups in total. The van der Waals surface area contributed by atoms with Crippen molar-refractivity contribution < 1.29 is 45.5 Å². The fourth-order valence-electron chi connectivity index (χ4n) is 1.40. The summed E-state index contributed by atoms with van der Waals surface area (Å²) in [6.07, 6.45) is -8.21. The zero-order valence-corrected chi connectivity index (χ0v) is 10.7. The van der Waals surface area contributed by atoms with Gasteiger partial charge in [0.25, 0.3) is 0 Å². The monoisotopic (exact) mass is 334 g/mol. The molecule has 0 radical (unpaired) electrons. The van der Waals surface area contributed by atoms with Crippen LogP contribution in [-0.2, 0) is 0 Å². The first-order valence-electron chi connectivity index (χ1n) is 5.80. The van der Waals surface area contributed by atoms with Gasteiger partial charge < -0.3 is 14.8 Å². The Balaban J connectivity index is 2.63. The second kappa shape index (κ2) is 6.33. The van der Waals surface area contributed by atoms with Gasteiger partial charge in [0.2, 0.25) is 0 Å². The molecule has 3 nitrogen and oxygen atoms in total. The molecule has 0 saturated carbocycles. The van der Waals surface area contributed by atoms with Gasteiger partial charge in [-0.3, -0.25) is 0 Å². The van der Waals surface area contributed by atoms with E-state index in [1.165, 1.54) is 0 Å². The lowest BCUT2D eigenvalue weighted by atomic mass is 9.80. The van der Waals surface area contributed by atoms with Crippen molar-refractivity contribution >= 4 is 12.6 Å². The van der Waals surface area contributed by atoms with Gasteiger partial charge in [0.15, 0.2) is 0 Å². The molecule has 0 aliphatic rings. The highest BCUT2D eigenvalue weighted by Crippen LogP contribution is 2.47. The molecule has 0 aromatic heterocycles. The number of ether oxygens (including phenoxy) is 1. The predicted molar refractivity (Wildman–Crippen MR) is 62.3 cm³/mol. The maximum absolute atomic E-state index is 13.0. The lowest BCUT2D eigenvalue weighted by molar-refractivity contribution is -0.356. The molecule has 0 heterocycles. The number of hydrogen-bond acceptors (Lipinski definition) is 3. The van der Waals surface area contributed by atoms with Gasteiger partial charge in [-0.15, -0.1) is 0 Å². The zero-order valence-electron chi connectivity index (χ0n) is 10.7. The third kappa shape index (κ3) is 4.04. The summed E-state index contributed by atoms with van der Waals surface area (Å²) in [6, 6.07) is 4.55. The number of halogens is 7. The highest BCUT2D eigenvalue weighted by atomic mass is 19.4. The second-order valence-electron chi connectivity index (χ2n) is 4.32. The molecule has 0 aliphatic carbocycles. The summed E-state index contributed by atoms with van der Waals surface area (Å²) in [5.74, 6) is -11.6. The summed E-state index contributed by atoms with van der Waals surface area (Å²) in [4.78, 5) is 0. The maximum Gasteiger partial charge on any atom is 0.488 e. The molecule has 0 unspecified atom stereocenters. The lowest BCUT2D eigenvalue weighted by Crippen LogP contribution is -2.52. The highest BCUT2D eigenvalue weighted by Gasteiger charge is 2.72. The van der Waals surface area contributed by atoms with Crippen molar-refractivity contribution in [1.82, 2.24) is 0 Å². The number of rotatable bonds is 6. The first kappa shape index (κ1) is 18.6. The van der Waals surface area contributed by atoms with Crippen LogP contribution in [-0.4, -0.2) is 41.8 Å². The molecule has 1 aromatic carbocycles. The minimum Gasteiger partial charge on any atom is -0.493 e. The van der Waals surface area contributed by atoms with Crippen LogP contribution < -0.4 is 10.2 Å². The van der Waals surface area contributed by atoms with Crippen molar-refractivity contribution in [2.75, 3.05) is 6.61 Å². The molecule has 1 rings (SSSR count). The van der Waals surface area contributed by atoms with Gasteiger partial charge in [0.1, 0.15) is 5.75 Å². The Kier molecular flexibility index (Phi) is 5.34. The van der Waals surface area contributed by atoms with Gasteiger partial charge in [0, 0.05) is 0 Å². The van der Waals surface area contributed by atoms with Crippen molar-refractivity contribution in [3.8, 4) is 5.75 Å². The first-order valence-corrected chi connectivity index (χ1v) is 5.80. The normalized spacial score (nSPS) is 13.1. The molecule has 124 valence electrons. The Hall–Kier alpha value is -1.49. The quantitative estimate of drug-likeness (QED) is 0.618. The van der Waals surface area contributed by atoms with E-state index in [2.05, 4.69) is 4.74 Å². The fourth-order valence-corrected chi connectivity index (χ4v) is 1.40. The molecule has 0 bridgehead atoms. The number of benzene rings is 1. The van der Waals surface area contributed by atoms with Crippen molar-refractivity contribution in [3.63, 3.8) is 0 Å². The molecule has 0 fully saturated rings. The van der Waals surface area contributed by atoms with Crippen LogP contribution >= 0.6 is 0 Å². The van der Waals surface area contributed by atoms with E-state index in [0.29, 0.717) is 0 Å². The maximum atomic E-state index is 13.0. The van der Waals surface area contributed by atoms with E-state index in [9.17, 15) is 30.7 Å². The zero-order chi connectivity index (χ0) is 17.2. The van der Waals surface area contributed by atoms with Crippen LogP contribution in [0.4, 0.5) is 30.7 Å². The molecule has 0 amide bonds. The van der Waals surface area contributed by atoms with Crippen molar-refractivity contribution in [2.45, 2.75) is 24.4 Å².